The van der Waals surface area contributed by atoms with E-state index < -0.39 is 0 Å². The lowest BCUT2D eigenvalue weighted by Gasteiger charge is -2.33. The van der Waals surface area contributed by atoms with Crippen LogP contribution in [0.2, 0.25) is 0 Å². The van der Waals surface area contributed by atoms with Gasteiger partial charge in [-0.1, -0.05) is 259 Å². The molecule has 1 N–H and O–H groups in total. The highest BCUT2D eigenvalue weighted by molar-refractivity contribution is 9.11. The number of hydrogen-bond donors (Lipinski definition) is 1. The molecule has 0 heterocycles. The Morgan fingerprint density at radius 1 is 0.361 bits per heavy atom. The molecule has 0 bridgehead atoms. The lowest BCUT2D eigenvalue weighted by atomic mass is 9.70. The van der Waals surface area contributed by atoms with Gasteiger partial charge in [0.15, 0.2) is 0 Å². The van der Waals surface area contributed by atoms with Gasteiger partial charge >= 0.3 is 0 Å². The molecule has 0 amide bonds. The molecule has 0 radical (unpaired) electrons. The Morgan fingerprint density at radius 2 is 0.627 bits per heavy atom. The quantitative estimate of drug-likeness (QED) is 0.0302. The van der Waals surface area contributed by atoms with Gasteiger partial charge < -0.3 is 14.6 Å². The van der Waals surface area contributed by atoms with Crippen molar-refractivity contribution in [2.45, 2.75) is 146 Å². The largest absolute Gasteiger partial charge is 0.384 e. The van der Waals surface area contributed by atoms with E-state index in [4.69, 9.17) is 27.4 Å². The third-order valence-corrected chi connectivity index (χ3v) is 20.2. The van der Waals surface area contributed by atoms with E-state index in [0.29, 0.717) is 13.2 Å². The third kappa shape index (κ3) is 20.1. The van der Waals surface area contributed by atoms with Gasteiger partial charge in [-0.15, -0.1) is 19.3 Å². The van der Waals surface area contributed by atoms with Gasteiger partial charge in [0.2, 0.25) is 0 Å². The minimum absolute atomic E-state index is 0.0537. The molecule has 0 aliphatic heterocycles. The summed E-state index contributed by atoms with van der Waals surface area (Å²) in [5, 5.41) is 9.88. The number of ether oxygens (including phenoxy) is 2. The van der Waals surface area contributed by atoms with E-state index in [2.05, 4.69) is 255 Å². The molecule has 0 atom stereocenters. The summed E-state index contributed by atoms with van der Waals surface area (Å²) in [4.78, 5) is 0. The molecule has 0 fully saturated rings. The van der Waals surface area contributed by atoms with Gasteiger partial charge in [-0.3, -0.25) is 0 Å². The topological polar surface area (TPSA) is 38.7 Å². The Morgan fingerprint density at radius 3 is 0.904 bits per heavy atom. The van der Waals surface area contributed by atoms with Gasteiger partial charge in [0, 0.05) is 61.5 Å². The monoisotopic (exact) mass is 1620 g/mol. The van der Waals surface area contributed by atoms with Gasteiger partial charge in [-0.2, -0.15) is 0 Å². The average Bonchev–Trinajstić information content (AvgIpc) is 1.92. The predicted molar refractivity (Wildman–Crippen MR) is 381 cm³/mol. The Hall–Kier alpha value is -2.28. The lowest BCUT2D eigenvalue weighted by molar-refractivity contribution is 0.161. The molecule has 3 aliphatic carbocycles. The zero-order chi connectivity index (χ0) is 59.5. The van der Waals surface area contributed by atoms with E-state index in [9.17, 15) is 0 Å². The molecule has 440 valence electrons. The highest BCUT2D eigenvalue weighted by atomic mass is 79.9. The zero-order valence-electron chi connectivity index (χ0n) is 47.7. The summed E-state index contributed by atoms with van der Waals surface area (Å²) in [6.07, 6.45) is 40.7. The van der Waals surface area contributed by atoms with Gasteiger partial charge in [0.05, 0.1) is 0 Å². The molecule has 0 aromatic heterocycles. The van der Waals surface area contributed by atoms with Gasteiger partial charge in [0.1, 0.15) is 19.8 Å². The highest BCUT2D eigenvalue weighted by Crippen LogP contribution is 2.57. The number of terminal acetylenes is 3. The number of aliphatic hydroxyl groups excluding tert-OH is 1. The predicted octanol–water partition coefficient (Wildman–Crippen LogP) is 23.2. The molecule has 3 nitrogen and oxygen atoms in total. The summed E-state index contributed by atoms with van der Waals surface area (Å²) in [6.45, 7) is 2.19. The molecule has 9 rings (SSSR count). The summed E-state index contributed by atoms with van der Waals surface area (Å²) in [5.74, 6) is 7.06. The van der Waals surface area contributed by atoms with Crippen LogP contribution in [0.25, 0.3) is 33.4 Å². The van der Waals surface area contributed by atoms with Crippen LogP contribution in [-0.4, -0.2) is 48.8 Å². The van der Waals surface area contributed by atoms with Crippen molar-refractivity contribution in [2.24, 2.45) is 0 Å². The molecule has 0 saturated heterocycles. The van der Waals surface area contributed by atoms with Crippen molar-refractivity contribution in [3.63, 3.8) is 0 Å². The Kier molecular flexibility index (Phi) is 31.6. The van der Waals surface area contributed by atoms with Gasteiger partial charge in [0.25, 0.3) is 0 Å². The van der Waals surface area contributed by atoms with Crippen molar-refractivity contribution in [1.29, 1.82) is 0 Å². The average molecular weight is 1630 g/mol. The molecule has 6 aromatic carbocycles. The fourth-order valence-corrected chi connectivity index (χ4v) is 15.4. The summed E-state index contributed by atoms with van der Waals surface area (Å²) >= 11 is 29.2. The van der Waals surface area contributed by atoms with Crippen molar-refractivity contribution in [3.8, 4) is 70.4 Å². The molecular weight excluding hydrogens is 1550 g/mol. The summed E-state index contributed by atoms with van der Waals surface area (Å²) < 4.78 is 17.9. The fourth-order valence-electron chi connectivity index (χ4n) is 12.3. The van der Waals surface area contributed by atoms with E-state index in [1.54, 1.807) is 11.1 Å². The number of fused-ring (bicyclic) bond motifs is 9. The Labute approximate surface area is 565 Å². The molecule has 11 heteroatoms. The second-order valence-electron chi connectivity index (χ2n) is 21.6. The molecule has 6 aromatic rings. The van der Waals surface area contributed by atoms with Crippen LogP contribution in [0, 0.1) is 37.0 Å². The van der Waals surface area contributed by atoms with Crippen molar-refractivity contribution >= 4 is 127 Å². The SMILES string of the molecule is BrCCCCCCC1(CCCCCCBr)c2cc(Br)ccc2-c2ccc(Br)cc21.Brc1ccc2c(c1)Cc1cc(Br)ccc1-2.C#CCO.C#CCOCCCCCCC1(CCCCCCOCC#C)c2cc(Br)ccc2-c2ccc(Br)cc21. The maximum absolute atomic E-state index is 7.64. The van der Waals surface area contributed by atoms with Crippen LogP contribution in [0.4, 0.5) is 0 Å². The number of alkyl halides is 2. The Bertz CT molecular complexity index is 2930. The normalized spacial score (nSPS) is 12.9. The number of rotatable bonds is 28. The number of unbranched alkanes of at least 4 members (excludes halogenated alkanes) is 12. The smallest absolute Gasteiger partial charge is 0.107 e. The summed E-state index contributed by atoms with van der Waals surface area (Å²) in [5.41, 5.74) is 17.5. The number of benzene rings is 6. The second kappa shape index (κ2) is 37.5. The molecule has 0 spiro atoms. The Balaban J connectivity index is 0.000000205. The second-order valence-corrected chi connectivity index (χ2v) is 28.7. The van der Waals surface area contributed by atoms with E-state index >= 15 is 0 Å². The molecular formula is C72H78Br8O3. The molecule has 0 unspecified atom stereocenters. The summed E-state index contributed by atoms with van der Waals surface area (Å²) in [6, 6.07) is 40.5. The maximum Gasteiger partial charge on any atom is 0.107 e. The van der Waals surface area contributed by atoms with Crippen LogP contribution in [0.1, 0.15) is 162 Å². The van der Waals surface area contributed by atoms with E-state index in [0.717, 1.165) is 73.9 Å². The van der Waals surface area contributed by atoms with Crippen LogP contribution < -0.4 is 0 Å². The van der Waals surface area contributed by atoms with E-state index in [1.165, 1.54) is 167 Å². The highest BCUT2D eigenvalue weighted by Gasteiger charge is 2.44. The van der Waals surface area contributed by atoms with Crippen molar-refractivity contribution in [1.82, 2.24) is 0 Å². The van der Waals surface area contributed by atoms with Crippen LogP contribution in [-0.2, 0) is 26.7 Å². The standard InChI is InChI=1S/C31H36Br2O2.C25H30Br4.C13H8Br2.C3H4O/c1-3-19-34-21-11-7-5-9-17-31(18-10-6-8-12-22-35-20-4-2)29-23-25(32)13-15-27(29)28-16-14-26(33)24-30(28)31;26-15-7-3-1-5-13-25(14-6-2-4-8-16-27)23-17-19(28)9-11-21(23)22-12-10-20(29)18-24(22)25;14-10-1-3-12-8(6-10)5-9-7-11(15)2-4-13(9)12;1-2-3-4/h1-2,13-16,23-24H,5-12,17-22H2;9-12,17-18H,1-8,13-16H2;1-4,6-7H,5H2;1,4H,3H2. The first kappa shape index (κ1) is 69.8. The minimum Gasteiger partial charge on any atom is -0.384 e. The molecule has 83 heavy (non-hydrogen) atoms. The molecule has 0 saturated carbocycles. The molecule has 3 aliphatic rings. The minimum atomic E-state index is -0.153. The van der Waals surface area contributed by atoms with Crippen molar-refractivity contribution < 1.29 is 14.6 Å². The number of halogens is 8. The van der Waals surface area contributed by atoms with Crippen LogP contribution in [0.15, 0.2) is 136 Å². The van der Waals surface area contributed by atoms with E-state index in [1.807, 2.05) is 5.92 Å². The van der Waals surface area contributed by atoms with Crippen LogP contribution in [0.5, 0.6) is 0 Å². The first-order chi connectivity index (χ1) is 40.4. The first-order valence-corrected chi connectivity index (χ1v) is 36.4. The van der Waals surface area contributed by atoms with Crippen LogP contribution in [0.3, 0.4) is 0 Å². The zero-order valence-corrected chi connectivity index (χ0v) is 60.4. The van der Waals surface area contributed by atoms with Gasteiger partial charge in [-0.25, -0.2) is 0 Å². The summed E-state index contributed by atoms with van der Waals surface area (Å²) in [7, 11) is 0. The van der Waals surface area contributed by atoms with Crippen LogP contribution >= 0.6 is 127 Å². The first-order valence-electron chi connectivity index (χ1n) is 29.4. The van der Waals surface area contributed by atoms with Gasteiger partial charge in [-0.05, 0) is 197 Å². The lowest BCUT2D eigenvalue weighted by Crippen LogP contribution is -2.25. The van der Waals surface area contributed by atoms with E-state index in [-0.39, 0.29) is 17.4 Å². The number of hydrogen-bond acceptors (Lipinski definition) is 3. The fraction of sp³-hybridized carbons (Fsp3) is 0.417. The maximum atomic E-state index is 7.64. The van der Waals surface area contributed by atoms with Crippen molar-refractivity contribution in [2.75, 3.05) is 43.7 Å². The van der Waals surface area contributed by atoms with Crippen molar-refractivity contribution in [3.05, 3.63) is 169 Å². The third-order valence-electron chi connectivity index (χ3n) is 16.1. The number of aliphatic hydroxyl groups is 1.